The summed E-state index contributed by atoms with van der Waals surface area (Å²) in [6.07, 6.45) is 0.916. The Bertz CT molecular complexity index is 556. The Balaban J connectivity index is 1.92. The predicted molar refractivity (Wildman–Crippen MR) is 75.8 cm³/mol. The van der Waals surface area contributed by atoms with Gasteiger partial charge in [0.2, 0.25) is 5.91 Å². The molecular weight excluding hydrogens is 278 g/mol. The van der Waals surface area contributed by atoms with Gasteiger partial charge >= 0.3 is 0 Å². The molecule has 1 saturated heterocycles. The van der Waals surface area contributed by atoms with E-state index in [1.54, 1.807) is 24.3 Å². The highest BCUT2D eigenvalue weighted by molar-refractivity contribution is 7.92. The standard InChI is InChI=1S/C14H19NO4S/c16-12(11-6-2-1-3-7-11)10-15-14(17)13-8-4-5-9-20(13,18)19/h1-3,6-7,12-13,16H,4-5,8-10H2,(H,15,17). The fourth-order valence-electron chi connectivity index (χ4n) is 2.35. The smallest absolute Gasteiger partial charge is 0.238 e. The maximum atomic E-state index is 11.9. The zero-order chi connectivity index (χ0) is 14.6. The van der Waals surface area contributed by atoms with Crippen LogP contribution in [0.2, 0.25) is 0 Å². The summed E-state index contributed by atoms with van der Waals surface area (Å²) in [4.78, 5) is 11.9. The fourth-order valence-corrected chi connectivity index (χ4v) is 4.18. The van der Waals surface area contributed by atoms with Crippen molar-refractivity contribution in [1.29, 1.82) is 0 Å². The molecule has 2 atom stereocenters. The van der Waals surface area contributed by atoms with Gasteiger partial charge in [-0.3, -0.25) is 4.79 Å². The van der Waals surface area contributed by atoms with E-state index in [1.807, 2.05) is 6.07 Å². The molecule has 2 N–H and O–H groups in total. The number of nitrogens with one attached hydrogen (secondary N) is 1. The first kappa shape index (κ1) is 15.0. The van der Waals surface area contributed by atoms with Crippen molar-refractivity contribution in [3.05, 3.63) is 35.9 Å². The number of sulfone groups is 1. The van der Waals surface area contributed by atoms with Gasteiger partial charge < -0.3 is 10.4 Å². The van der Waals surface area contributed by atoms with Gasteiger partial charge in [-0.1, -0.05) is 36.8 Å². The van der Waals surface area contributed by atoms with E-state index >= 15 is 0 Å². The second-order valence-corrected chi connectivity index (χ2v) is 7.33. The average molecular weight is 297 g/mol. The summed E-state index contributed by atoms with van der Waals surface area (Å²) in [6.45, 7) is 0.0227. The first-order chi connectivity index (χ1) is 9.50. The summed E-state index contributed by atoms with van der Waals surface area (Å²) in [6, 6.07) is 8.95. The number of hydrogen-bond acceptors (Lipinski definition) is 4. The third kappa shape index (κ3) is 3.58. The van der Waals surface area contributed by atoms with Crippen molar-refractivity contribution < 1.29 is 18.3 Å². The second kappa shape index (κ2) is 6.37. The minimum atomic E-state index is -3.33. The second-order valence-electron chi connectivity index (χ2n) is 5.02. The Morgan fingerprint density at radius 1 is 1.30 bits per heavy atom. The number of aliphatic hydroxyl groups excluding tert-OH is 1. The quantitative estimate of drug-likeness (QED) is 0.861. The van der Waals surface area contributed by atoms with E-state index in [0.29, 0.717) is 18.4 Å². The van der Waals surface area contributed by atoms with Crippen molar-refractivity contribution in [2.24, 2.45) is 0 Å². The van der Waals surface area contributed by atoms with E-state index in [4.69, 9.17) is 0 Å². The van der Waals surface area contributed by atoms with Gasteiger partial charge in [-0.15, -0.1) is 0 Å². The molecule has 20 heavy (non-hydrogen) atoms. The Morgan fingerprint density at radius 3 is 2.65 bits per heavy atom. The van der Waals surface area contributed by atoms with E-state index < -0.39 is 27.1 Å². The van der Waals surface area contributed by atoms with Crippen LogP contribution in [0.5, 0.6) is 0 Å². The van der Waals surface area contributed by atoms with Gasteiger partial charge in [0.05, 0.1) is 11.9 Å². The van der Waals surface area contributed by atoms with E-state index in [0.717, 1.165) is 6.42 Å². The number of amides is 1. The van der Waals surface area contributed by atoms with Crippen molar-refractivity contribution >= 4 is 15.7 Å². The van der Waals surface area contributed by atoms with Gasteiger partial charge in [0.15, 0.2) is 9.84 Å². The van der Waals surface area contributed by atoms with Gasteiger partial charge in [0, 0.05) is 6.54 Å². The van der Waals surface area contributed by atoms with Gasteiger partial charge in [-0.2, -0.15) is 0 Å². The first-order valence-corrected chi connectivity index (χ1v) is 8.44. The van der Waals surface area contributed by atoms with Gasteiger partial charge in [-0.05, 0) is 18.4 Å². The van der Waals surface area contributed by atoms with Crippen LogP contribution >= 0.6 is 0 Å². The van der Waals surface area contributed by atoms with Crippen LogP contribution in [0.4, 0.5) is 0 Å². The highest BCUT2D eigenvalue weighted by atomic mass is 32.2. The van der Waals surface area contributed by atoms with Crippen molar-refractivity contribution in [1.82, 2.24) is 5.32 Å². The van der Waals surface area contributed by atoms with Gasteiger partial charge in [-0.25, -0.2) is 8.42 Å². The maximum Gasteiger partial charge on any atom is 0.238 e. The maximum absolute atomic E-state index is 11.9. The molecule has 5 nitrogen and oxygen atoms in total. The molecule has 6 heteroatoms. The van der Waals surface area contributed by atoms with Gasteiger partial charge in [0.25, 0.3) is 0 Å². The Hall–Kier alpha value is -1.40. The van der Waals surface area contributed by atoms with Crippen LogP contribution in [0.15, 0.2) is 30.3 Å². The minimum absolute atomic E-state index is 0.0227. The number of hydrogen-bond donors (Lipinski definition) is 2. The molecule has 1 amide bonds. The number of carbonyl (C=O) groups excluding carboxylic acids is 1. The zero-order valence-corrected chi connectivity index (χ0v) is 12.0. The van der Waals surface area contributed by atoms with E-state index in [-0.39, 0.29) is 12.3 Å². The third-order valence-electron chi connectivity index (χ3n) is 3.53. The van der Waals surface area contributed by atoms with E-state index in [2.05, 4.69) is 5.32 Å². The Morgan fingerprint density at radius 2 is 2.00 bits per heavy atom. The number of benzene rings is 1. The van der Waals surface area contributed by atoms with E-state index in [9.17, 15) is 18.3 Å². The topological polar surface area (TPSA) is 83.5 Å². The van der Waals surface area contributed by atoms with Crippen LogP contribution in [0.1, 0.15) is 30.9 Å². The van der Waals surface area contributed by atoms with Crippen LogP contribution in [-0.2, 0) is 14.6 Å². The molecule has 0 aromatic heterocycles. The third-order valence-corrected chi connectivity index (χ3v) is 5.70. The molecule has 0 spiro atoms. The zero-order valence-electron chi connectivity index (χ0n) is 11.2. The highest BCUT2D eigenvalue weighted by Crippen LogP contribution is 2.20. The molecule has 110 valence electrons. The number of aliphatic hydroxyl groups is 1. The lowest BCUT2D eigenvalue weighted by Gasteiger charge is -2.22. The summed E-state index contributed by atoms with van der Waals surface area (Å²) in [7, 11) is -3.33. The summed E-state index contributed by atoms with van der Waals surface area (Å²) in [5.74, 6) is -0.425. The lowest BCUT2D eigenvalue weighted by Crippen LogP contribution is -2.44. The lowest BCUT2D eigenvalue weighted by atomic mass is 10.1. The molecule has 2 unspecified atom stereocenters. The SMILES string of the molecule is O=C(NCC(O)c1ccccc1)C1CCCCS1(=O)=O. The molecule has 2 rings (SSSR count). The molecule has 1 aromatic carbocycles. The van der Waals surface area contributed by atoms with Crippen molar-refractivity contribution in [3.63, 3.8) is 0 Å². The average Bonchev–Trinajstić information content (AvgIpc) is 2.45. The normalized spacial score (nSPS) is 22.9. The molecule has 1 aromatic rings. The van der Waals surface area contributed by atoms with Crippen molar-refractivity contribution in [2.45, 2.75) is 30.6 Å². The summed E-state index contributed by atoms with van der Waals surface area (Å²) in [5.41, 5.74) is 0.694. The predicted octanol–water partition coefficient (Wildman–Crippen LogP) is 0.803. The highest BCUT2D eigenvalue weighted by Gasteiger charge is 2.34. The molecule has 0 radical (unpaired) electrons. The first-order valence-electron chi connectivity index (χ1n) is 6.73. The largest absolute Gasteiger partial charge is 0.387 e. The molecule has 1 aliphatic rings. The van der Waals surface area contributed by atoms with Crippen molar-refractivity contribution in [2.75, 3.05) is 12.3 Å². The Kier molecular flexibility index (Phi) is 4.77. The fraction of sp³-hybridized carbons (Fsp3) is 0.500. The molecule has 1 aliphatic heterocycles. The van der Waals surface area contributed by atoms with Crippen LogP contribution in [0, 0.1) is 0 Å². The Labute approximate surface area is 118 Å². The molecule has 1 fully saturated rings. The molecule has 0 bridgehead atoms. The number of carbonyl (C=O) groups is 1. The van der Waals surface area contributed by atoms with Crippen LogP contribution < -0.4 is 5.32 Å². The van der Waals surface area contributed by atoms with E-state index in [1.165, 1.54) is 0 Å². The minimum Gasteiger partial charge on any atom is -0.387 e. The van der Waals surface area contributed by atoms with Crippen LogP contribution in [0.3, 0.4) is 0 Å². The lowest BCUT2D eigenvalue weighted by molar-refractivity contribution is -0.121. The summed E-state index contributed by atoms with van der Waals surface area (Å²) in [5, 5.41) is 11.5. The number of rotatable bonds is 4. The molecule has 0 aliphatic carbocycles. The van der Waals surface area contributed by atoms with Crippen molar-refractivity contribution in [3.8, 4) is 0 Å². The molecule has 0 saturated carbocycles. The summed E-state index contributed by atoms with van der Waals surface area (Å²) >= 11 is 0. The molecular formula is C14H19NO4S. The van der Waals surface area contributed by atoms with Crippen LogP contribution in [0.25, 0.3) is 0 Å². The van der Waals surface area contributed by atoms with Gasteiger partial charge in [0.1, 0.15) is 5.25 Å². The van der Waals surface area contributed by atoms with Crippen LogP contribution in [-0.4, -0.2) is 37.0 Å². The monoisotopic (exact) mass is 297 g/mol. The molecule has 1 heterocycles. The summed E-state index contributed by atoms with van der Waals surface area (Å²) < 4.78 is 23.6.